The Morgan fingerprint density at radius 3 is 2.59 bits per heavy atom. The van der Waals surface area contributed by atoms with Gasteiger partial charge in [-0.3, -0.25) is 0 Å². The highest BCUT2D eigenvalue weighted by Gasteiger charge is 2.49. The molecule has 5 heteroatoms. The first kappa shape index (κ1) is 16.8. The van der Waals surface area contributed by atoms with Crippen LogP contribution in [-0.2, 0) is 20.8 Å². The fourth-order valence-corrected chi connectivity index (χ4v) is 2.81. The smallest absolute Gasteiger partial charge is 0.407 e. The minimum Gasteiger partial charge on any atom is -0.445 e. The lowest BCUT2D eigenvalue weighted by atomic mass is 9.97. The van der Waals surface area contributed by atoms with Gasteiger partial charge in [0, 0.05) is 0 Å². The number of alkyl carbamates (subject to hydrolysis) is 1. The second kappa shape index (κ2) is 6.67. The summed E-state index contributed by atoms with van der Waals surface area (Å²) in [7, 11) is 0. The molecule has 1 N–H and O–H groups in total. The number of hydrogen-bond acceptors (Lipinski definition) is 4. The van der Waals surface area contributed by atoms with Gasteiger partial charge in [-0.05, 0) is 32.8 Å². The zero-order valence-electron chi connectivity index (χ0n) is 13.7. The van der Waals surface area contributed by atoms with Crippen LogP contribution in [-0.4, -0.2) is 30.1 Å². The standard InChI is InChI=1S/C17H25NO4/c1-5-14-17(4,22-16(2,3)21-14)12-18-15(19)20-11-13-9-7-6-8-10-13/h6-10,14H,5,11-12H2,1-4H3,(H,18,19)/t14-,17-/m1/s1. The maximum atomic E-state index is 11.8. The summed E-state index contributed by atoms with van der Waals surface area (Å²) in [6.07, 6.45) is 0.311. The van der Waals surface area contributed by atoms with E-state index in [1.54, 1.807) is 0 Å². The monoisotopic (exact) mass is 307 g/mol. The number of carbonyl (C=O) groups is 1. The molecule has 0 spiro atoms. The number of rotatable bonds is 5. The molecule has 0 unspecified atom stereocenters. The zero-order valence-corrected chi connectivity index (χ0v) is 13.7. The average Bonchev–Trinajstić information content (AvgIpc) is 2.73. The molecule has 1 amide bonds. The van der Waals surface area contributed by atoms with Crippen molar-refractivity contribution in [2.24, 2.45) is 0 Å². The van der Waals surface area contributed by atoms with Gasteiger partial charge in [-0.15, -0.1) is 0 Å². The van der Waals surface area contributed by atoms with Crippen LogP contribution in [0.4, 0.5) is 4.79 Å². The summed E-state index contributed by atoms with van der Waals surface area (Å²) in [5, 5.41) is 2.77. The van der Waals surface area contributed by atoms with Crippen LogP contribution < -0.4 is 5.32 Å². The van der Waals surface area contributed by atoms with Crippen LogP contribution in [0.2, 0.25) is 0 Å². The molecule has 1 aliphatic rings. The van der Waals surface area contributed by atoms with Crippen molar-refractivity contribution in [3.8, 4) is 0 Å². The highest BCUT2D eigenvalue weighted by Crippen LogP contribution is 2.37. The minimum atomic E-state index is -0.634. The van der Waals surface area contributed by atoms with E-state index >= 15 is 0 Å². The van der Waals surface area contributed by atoms with Gasteiger partial charge in [0.15, 0.2) is 5.79 Å². The second-order valence-electron chi connectivity index (χ2n) is 6.24. The summed E-state index contributed by atoms with van der Waals surface area (Å²) < 4.78 is 17.0. The van der Waals surface area contributed by atoms with Crippen LogP contribution in [0.3, 0.4) is 0 Å². The van der Waals surface area contributed by atoms with E-state index in [9.17, 15) is 4.79 Å². The fraction of sp³-hybridized carbons (Fsp3) is 0.588. The summed E-state index contributed by atoms with van der Waals surface area (Å²) in [6, 6.07) is 9.58. The fourth-order valence-electron chi connectivity index (χ4n) is 2.81. The quantitative estimate of drug-likeness (QED) is 0.907. The van der Waals surface area contributed by atoms with E-state index in [4.69, 9.17) is 14.2 Å². The Balaban J connectivity index is 1.82. The molecule has 1 aromatic carbocycles. The van der Waals surface area contributed by atoms with E-state index in [0.29, 0.717) is 6.54 Å². The molecule has 122 valence electrons. The first-order chi connectivity index (χ1) is 10.3. The molecule has 1 saturated heterocycles. The van der Waals surface area contributed by atoms with Gasteiger partial charge in [0.05, 0.1) is 12.6 Å². The van der Waals surface area contributed by atoms with E-state index in [1.807, 2.05) is 58.0 Å². The van der Waals surface area contributed by atoms with Crippen molar-refractivity contribution in [3.63, 3.8) is 0 Å². The summed E-state index contributed by atoms with van der Waals surface area (Å²) in [5.74, 6) is -0.634. The van der Waals surface area contributed by atoms with Crippen molar-refractivity contribution in [1.29, 1.82) is 0 Å². The maximum Gasteiger partial charge on any atom is 0.407 e. The Hall–Kier alpha value is -1.59. The van der Waals surface area contributed by atoms with Crippen LogP contribution in [0.5, 0.6) is 0 Å². The lowest BCUT2D eigenvalue weighted by molar-refractivity contribution is -0.159. The predicted octanol–water partition coefficient (Wildman–Crippen LogP) is 3.23. The number of hydrogen-bond donors (Lipinski definition) is 1. The number of carbonyl (C=O) groups excluding carboxylic acids is 1. The van der Waals surface area contributed by atoms with Gasteiger partial charge in [0.1, 0.15) is 12.2 Å². The van der Waals surface area contributed by atoms with Gasteiger partial charge in [0.2, 0.25) is 0 Å². The molecule has 2 atom stereocenters. The first-order valence-corrected chi connectivity index (χ1v) is 7.67. The molecule has 1 aromatic rings. The molecule has 0 saturated carbocycles. The first-order valence-electron chi connectivity index (χ1n) is 7.67. The molecule has 1 aliphatic heterocycles. The predicted molar refractivity (Wildman–Crippen MR) is 83.4 cm³/mol. The highest BCUT2D eigenvalue weighted by molar-refractivity contribution is 5.67. The van der Waals surface area contributed by atoms with Crippen molar-refractivity contribution in [2.45, 2.75) is 58.2 Å². The third-order valence-electron chi connectivity index (χ3n) is 3.75. The maximum absolute atomic E-state index is 11.8. The molecule has 1 fully saturated rings. The second-order valence-corrected chi connectivity index (χ2v) is 6.24. The van der Waals surface area contributed by atoms with E-state index in [0.717, 1.165) is 12.0 Å². The number of amides is 1. The molecule has 22 heavy (non-hydrogen) atoms. The SMILES string of the molecule is CC[C@H]1OC(C)(C)O[C@]1(C)CNC(=O)OCc1ccccc1. The Bertz CT molecular complexity index is 503. The summed E-state index contributed by atoms with van der Waals surface area (Å²) in [4.78, 5) is 11.8. The van der Waals surface area contributed by atoms with Crippen molar-refractivity contribution >= 4 is 6.09 Å². The largest absolute Gasteiger partial charge is 0.445 e. The number of ether oxygens (including phenoxy) is 3. The van der Waals surface area contributed by atoms with Gasteiger partial charge in [-0.1, -0.05) is 37.3 Å². The van der Waals surface area contributed by atoms with Gasteiger partial charge >= 0.3 is 6.09 Å². The molecule has 1 heterocycles. The zero-order chi connectivity index (χ0) is 16.2. The van der Waals surface area contributed by atoms with Crippen LogP contribution in [0.15, 0.2) is 30.3 Å². The Kier molecular flexibility index (Phi) is 5.08. The Labute approximate surface area is 131 Å². The highest BCUT2D eigenvalue weighted by atomic mass is 16.8. The third kappa shape index (κ3) is 4.21. The number of nitrogens with one attached hydrogen (secondary N) is 1. The van der Waals surface area contributed by atoms with Crippen molar-refractivity contribution < 1.29 is 19.0 Å². The lowest BCUT2D eigenvalue weighted by Crippen LogP contribution is -2.47. The molecule has 0 bridgehead atoms. The van der Waals surface area contributed by atoms with Crippen molar-refractivity contribution in [1.82, 2.24) is 5.32 Å². The molecule has 0 radical (unpaired) electrons. The Morgan fingerprint density at radius 2 is 1.95 bits per heavy atom. The van der Waals surface area contributed by atoms with Gasteiger partial charge in [-0.25, -0.2) is 4.79 Å². The van der Waals surface area contributed by atoms with E-state index in [-0.39, 0.29) is 12.7 Å². The molecule has 0 aliphatic carbocycles. The van der Waals surface area contributed by atoms with Gasteiger partial charge in [0.25, 0.3) is 0 Å². The van der Waals surface area contributed by atoms with Crippen LogP contribution in [0.1, 0.15) is 39.7 Å². The molecule has 2 rings (SSSR count). The van der Waals surface area contributed by atoms with Crippen molar-refractivity contribution in [3.05, 3.63) is 35.9 Å². The molecular formula is C17H25NO4. The van der Waals surface area contributed by atoms with E-state index in [1.165, 1.54) is 0 Å². The summed E-state index contributed by atoms with van der Waals surface area (Å²) in [6.45, 7) is 8.37. The van der Waals surface area contributed by atoms with Gasteiger partial charge in [-0.2, -0.15) is 0 Å². The third-order valence-corrected chi connectivity index (χ3v) is 3.75. The summed E-state index contributed by atoms with van der Waals surface area (Å²) in [5.41, 5.74) is 0.404. The van der Waals surface area contributed by atoms with E-state index < -0.39 is 17.5 Å². The summed E-state index contributed by atoms with van der Waals surface area (Å²) >= 11 is 0. The van der Waals surface area contributed by atoms with Gasteiger partial charge < -0.3 is 19.5 Å². The topological polar surface area (TPSA) is 56.8 Å². The average molecular weight is 307 g/mol. The number of benzene rings is 1. The van der Waals surface area contributed by atoms with Crippen LogP contribution >= 0.6 is 0 Å². The van der Waals surface area contributed by atoms with Crippen LogP contribution in [0.25, 0.3) is 0 Å². The minimum absolute atomic E-state index is 0.0584. The van der Waals surface area contributed by atoms with Crippen molar-refractivity contribution in [2.75, 3.05) is 6.54 Å². The molecular weight excluding hydrogens is 282 g/mol. The molecule has 0 aromatic heterocycles. The lowest BCUT2D eigenvalue weighted by Gasteiger charge is -2.28. The Morgan fingerprint density at radius 1 is 1.27 bits per heavy atom. The normalized spacial score (nSPS) is 26.6. The van der Waals surface area contributed by atoms with Crippen LogP contribution in [0, 0.1) is 0 Å². The molecule has 5 nitrogen and oxygen atoms in total. The van der Waals surface area contributed by atoms with E-state index in [2.05, 4.69) is 5.32 Å².